The molecule has 0 saturated heterocycles. The van der Waals surface area contributed by atoms with Crippen LogP contribution in [0.25, 0.3) is 0 Å². The summed E-state index contributed by atoms with van der Waals surface area (Å²) in [5.41, 5.74) is 1.94. The van der Waals surface area contributed by atoms with Crippen LogP contribution in [0.3, 0.4) is 0 Å². The van der Waals surface area contributed by atoms with E-state index in [9.17, 15) is 0 Å². The normalized spacial score (nSPS) is 24.7. The number of rotatable bonds is 1. The van der Waals surface area contributed by atoms with Gasteiger partial charge in [0.05, 0.1) is 11.2 Å². The van der Waals surface area contributed by atoms with E-state index in [1.807, 2.05) is 43.5 Å². The predicted molar refractivity (Wildman–Crippen MR) is 57.7 cm³/mol. The van der Waals surface area contributed by atoms with Gasteiger partial charge in [-0.15, -0.1) is 0 Å². The Morgan fingerprint density at radius 3 is 2.79 bits per heavy atom. The van der Waals surface area contributed by atoms with E-state index >= 15 is 0 Å². The van der Waals surface area contributed by atoms with Crippen molar-refractivity contribution in [2.75, 3.05) is 0 Å². The lowest BCUT2D eigenvalue weighted by molar-refractivity contribution is 0.506. The molecule has 2 heterocycles. The maximum atomic E-state index is 4.52. The molecule has 2 nitrogen and oxygen atoms in total. The van der Waals surface area contributed by atoms with Crippen molar-refractivity contribution in [1.82, 2.24) is 10.3 Å². The van der Waals surface area contributed by atoms with Gasteiger partial charge in [0.25, 0.3) is 0 Å². The van der Waals surface area contributed by atoms with Gasteiger partial charge in [-0.2, -0.15) is 0 Å². The lowest BCUT2D eigenvalue weighted by Crippen LogP contribution is -2.36. The SMILES string of the molecule is Cc1cccc(C2(C)C=CC=CN2)n1. The highest BCUT2D eigenvalue weighted by Crippen LogP contribution is 2.22. The van der Waals surface area contributed by atoms with Gasteiger partial charge in [-0.3, -0.25) is 4.98 Å². The van der Waals surface area contributed by atoms with Crippen molar-refractivity contribution in [2.45, 2.75) is 19.4 Å². The highest BCUT2D eigenvalue weighted by atomic mass is 15.0. The first-order valence-electron chi connectivity index (χ1n) is 4.77. The first-order valence-corrected chi connectivity index (χ1v) is 4.77. The second-order valence-corrected chi connectivity index (χ2v) is 3.73. The highest BCUT2D eigenvalue weighted by molar-refractivity contribution is 5.29. The zero-order chi connectivity index (χ0) is 10.0. The van der Waals surface area contributed by atoms with Crippen molar-refractivity contribution in [2.24, 2.45) is 0 Å². The Morgan fingerprint density at radius 2 is 2.14 bits per heavy atom. The fourth-order valence-corrected chi connectivity index (χ4v) is 1.56. The molecule has 14 heavy (non-hydrogen) atoms. The number of aryl methyl sites for hydroxylation is 1. The second kappa shape index (κ2) is 3.29. The van der Waals surface area contributed by atoms with Gasteiger partial charge in [-0.1, -0.05) is 18.2 Å². The first-order chi connectivity index (χ1) is 6.71. The molecule has 0 aromatic carbocycles. The minimum atomic E-state index is -0.166. The van der Waals surface area contributed by atoms with Crippen molar-refractivity contribution < 1.29 is 0 Å². The average molecular weight is 186 g/mol. The zero-order valence-corrected chi connectivity index (χ0v) is 8.49. The van der Waals surface area contributed by atoms with Gasteiger partial charge in [0.2, 0.25) is 0 Å². The monoisotopic (exact) mass is 186 g/mol. The smallest absolute Gasteiger partial charge is 0.0951 e. The Balaban J connectivity index is 2.39. The molecule has 2 rings (SSSR count). The summed E-state index contributed by atoms with van der Waals surface area (Å²) in [5, 5.41) is 3.31. The molecule has 2 heteroatoms. The summed E-state index contributed by atoms with van der Waals surface area (Å²) in [4.78, 5) is 4.52. The van der Waals surface area contributed by atoms with Crippen LogP contribution in [0.4, 0.5) is 0 Å². The van der Waals surface area contributed by atoms with E-state index in [-0.39, 0.29) is 5.54 Å². The summed E-state index contributed by atoms with van der Waals surface area (Å²) in [5.74, 6) is 0. The van der Waals surface area contributed by atoms with Crippen molar-refractivity contribution in [3.05, 3.63) is 54.0 Å². The van der Waals surface area contributed by atoms with Crippen LogP contribution in [0.1, 0.15) is 18.3 Å². The molecule has 0 spiro atoms. The summed E-state index contributed by atoms with van der Waals surface area (Å²) in [6.45, 7) is 4.13. The van der Waals surface area contributed by atoms with Crippen molar-refractivity contribution in [1.29, 1.82) is 0 Å². The molecule has 1 atom stereocenters. The van der Waals surface area contributed by atoms with Crippen LogP contribution in [0.15, 0.2) is 42.6 Å². The fourth-order valence-electron chi connectivity index (χ4n) is 1.56. The average Bonchev–Trinajstić information content (AvgIpc) is 2.19. The predicted octanol–water partition coefficient (Wildman–Crippen LogP) is 2.28. The van der Waals surface area contributed by atoms with Crippen LogP contribution >= 0.6 is 0 Å². The van der Waals surface area contributed by atoms with Crippen LogP contribution in [0, 0.1) is 6.92 Å². The van der Waals surface area contributed by atoms with Crippen molar-refractivity contribution in [3.63, 3.8) is 0 Å². The van der Waals surface area contributed by atoms with Gasteiger partial charge >= 0.3 is 0 Å². The second-order valence-electron chi connectivity index (χ2n) is 3.73. The van der Waals surface area contributed by atoms with E-state index in [1.54, 1.807) is 0 Å². The number of pyridine rings is 1. The van der Waals surface area contributed by atoms with Gasteiger partial charge in [0, 0.05) is 5.69 Å². The van der Waals surface area contributed by atoms with E-state index in [2.05, 4.69) is 23.3 Å². The molecule has 1 aromatic rings. The van der Waals surface area contributed by atoms with E-state index in [1.165, 1.54) is 0 Å². The topological polar surface area (TPSA) is 24.9 Å². The number of hydrogen-bond acceptors (Lipinski definition) is 2. The zero-order valence-electron chi connectivity index (χ0n) is 8.49. The maximum Gasteiger partial charge on any atom is 0.0951 e. The molecule has 72 valence electrons. The third-order valence-corrected chi connectivity index (χ3v) is 2.44. The Morgan fingerprint density at radius 1 is 1.29 bits per heavy atom. The van der Waals surface area contributed by atoms with Crippen LogP contribution in [-0.4, -0.2) is 4.98 Å². The molecule has 0 aliphatic carbocycles. The molecular weight excluding hydrogens is 172 g/mol. The van der Waals surface area contributed by atoms with Gasteiger partial charge in [0.15, 0.2) is 0 Å². The third-order valence-electron chi connectivity index (χ3n) is 2.44. The van der Waals surface area contributed by atoms with Gasteiger partial charge < -0.3 is 5.32 Å². The summed E-state index contributed by atoms with van der Waals surface area (Å²) >= 11 is 0. The molecule has 1 aromatic heterocycles. The quantitative estimate of drug-likeness (QED) is 0.727. The molecule has 0 bridgehead atoms. The molecule has 0 radical (unpaired) electrons. The Labute approximate surface area is 84.4 Å². The Hall–Kier alpha value is -1.57. The van der Waals surface area contributed by atoms with Crippen LogP contribution in [-0.2, 0) is 5.54 Å². The Kier molecular flexibility index (Phi) is 2.12. The Bertz CT molecular complexity index is 393. The summed E-state index contributed by atoms with van der Waals surface area (Å²) in [6, 6.07) is 6.09. The number of aromatic nitrogens is 1. The van der Waals surface area contributed by atoms with E-state index < -0.39 is 0 Å². The molecular formula is C12H14N2. The molecule has 1 unspecified atom stereocenters. The van der Waals surface area contributed by atoms with Gasteiger partial charge in [-0.05, 0) is 38.3 Å². The molecule has 0 fully saturated rings. The lowest BCUT2D eigenvalue weighted by Gasteiger charge is -2.28. The van der Waals surface area contributed by atoms with Gasteiger partial charge in [0.1, 0.15) is 0 Å². The maximum absolute atomic E-state index is 4.52. The summed E-state index contributed by atoms with van der Waals surface area (Å²) < 4.78 is 0. The molecule has 0 saturated carbocycles. The van der Waals surface area contributed by atoms with Crippen LogP contribution < -0.4 is 5.32 Å². The molecule has 1 N–H and O–H groups in total. The van der Waals surface area contributed by atoms with E-state index in [0.29, 0.717) is 0 Å². The highest BCUT2D eigenvalue weighted by Gasteiger charge is 2.24. The molecule has 1 aliphatic heterocycles. The van der Waals surface area contributed by atoms with Crippen LogP contribution in [0.5, 0.6) is 0 Å². The summed E-state index contributed by atoms with van der Waals surface area (Å²) in [7, 11) is 0. The lowest BCUT2D eigenvalue weighted by atomic mass is 9.95. The first kappa shape index (κ1) is 9.00. The van der Waals surface area contributed by atoms with Crippen LogP contribution in [0.2, 0.25) is 0 Å². The minimum absolute atomic E-state index is 0.166. The standard InChI is InChI=1S/C12H14N2/c1-10-6-5-7-11(14-10)12(2)8-3-4-9-13-12/h3-9,13H,1-2H3. The number of dihydropyridines is 1. The number of hydrogen-bond donors (Lipinski definition) is 1. The van der Waals surface area contributed by atoms with Gasteiger partial charge in [-0.25, -0.2) is 0 Å². The molecule has 1 aliphatic rings. The largest absolute Gasteiger partial charge is 0.377 e. The van der Waals surface area contributed by atoms with Crippen molar-refractivity contribution in [3.8, 4) is 0 Å². The van der Waals surface area contributed by atoms with Crippen molar-refractivity contribution >= 4 is 0 Å². The van der Waals surface area contributed by atoms with E-state index in [0.717, 1.165) is 11.4 Å². The summed E-state index contributed by atoms with van der Waals surface area (Å²) in [6.07, 6.45) is 8.09. The number of allylic oxidation sites excluding steroid dienone is 2. The molecule has 0 amide bonds. The number of nitrogens with zero attached hydrogens (tertiary/aromatic N) is 1. The van der Waals surface area contributed by atoms with E-state index in [4.69, 9.17) is 0 Å². The third kappa shape index (κ3) is 1.55. The fraction of sp³-hybridized carbons (Fsp3) is 0.250. The minimum Gasteiger partial charge on any atom is -0.377 e. The number of nitrogens with one attached hydrogen (secondary N) is 1.